The monoisotopic (exact) mass is 244 g/mol. The van der Waals surface area contributed by atoms with Crippen LogP contribution in [0.25, 0.3) is 5.65 Å². The van der Waals surface area contributed by atoms with Gasteiger partial charge in [0.05, 0.1) is 6.20 Å². The highest BCUT2D eigenvalue weighted by Crippen LogP contribution is 2.13. The molecule has 90 valence electrons. The molecule has 3 rings (SSSR count). The SMILES string of the molecule is Fc1ccc(OCc2nnc3cnccn23)cc1. The third kappa shape index (κ3) is 2.00. The van der Waals surface area contributed by atoms with Gasteiger partial charge in [-0.2, -0.15) is 0 Å². The van der Waals surface area contributed by atoms with Gasteiger partial charge < -0.3 is 4.74 Å². The van der Waals surface area contributed by atoms with Crippen LogP contribution in [0.4, 0.5) is 4.39 Å². The molecule has 0 atom stereocenters. The van der Waals surface area contributed by atoms with Crippen molar-refractivity contribution in [3.05, 3.63) is 54.5 Å². The summed E-state index contributed by atoms with van der Waals surface area (Å²) < 4.78 is 20.0. The quantitative estimate of drug-likeness (QED) is 0.705. The molecule has 0 aliphatic heterocycles. The second-order valence-electron chi connectivity index (χ2n) is 3.66. The normalized spacial score (nSPS) is 10.7. The molecule has 0 radical (unpaired) electrons. The largest absolute Gasteiger partial charge is 0.486 e. The van der Waals surface area contributed by atoms with E-state index in [9.17, 15) is 4.39 Å². The van der Waals surface area contributed by atoms with Gasteiger partial charge in [0.25, 0.3) is 0 Å². The van der Waals surface area contributed by atoms with E-state index in [-0.39, 0.29) is 12.4 Å². The Bertz CT molecular complexity index is 665. The van der Waals surface area contributed by atoms with Crippen LogP contribution in [0.5, 0.6) is 5.75 Å². The van der Waals surface area contributed by atoms with Gasteiger partial charge in [-0.25, -0.2) is 4.39 Å². The minimum Gasteiger partial charge on any atom is -0.486 e. The van der Waals surface area contributed by atoms with Crippen molar-refractivity contribution in [1.29, 1.82) is 0 Å². The number of halogens is 1. The molecule has 0 spiro atoms. The lowest BCUT2D eigenvalue weighted by Crippen LogP contribution is -2.01. The molecule has 1 aromatic carbocycles. The average Bonchev–Trinajstić information content (AvgIpc) is 2.82. The van der Waals surface area contributed by atoms with Gasteiger partial charge in [-0.05, 0) is 24.3 Å². The third-order valence-electron chi connectivity index (χ3n) is 2.47. The van der Waals surface area contributed by atoms with E-state index < -0.39 is 0 Å². The standard InChI is InChI=1S/C12H9FN4O/c13-9-1-3-10(4-2-9)18-8-12-16-15-11-7-14-5-6-17(11)12/h1-7H,8H2. The smallest absolute Gasteiger partial charge is 0.179 e. The summed E-state index contributed by atoms with van der Waals surface area (Å²) in [4.78, 5) is 3.95. The molecule has 5 nitrogen and oxygen atoms in total. The summed E-state index contributed by atoms with van der Waals surface area (Å²) in [6.07, 6.45) is 5.03. The molecule has 0 unspecified atom stereocenters. The minimum absolute atomic E-state index is 0.261. The second-order valence-corrected chi connectivity index (χ2v) is 3.66. The van der Waals surface area contributed by atoms with E-state index in [1.807, 2.05) is 0 Å². The minimum atomic E-state index is -0.290. The molecule has 6 heteroatoms. The van der Waals surface area contributed by atoms with Crippen molar-refractivity contribution < 1.29 is 9.13 Å². The summed E-state index contributed by atoms with van der Waals surface area (Å²) in [5.41, 5.74) is 0.662. The lowest BCUT2D eigenvalue weighted by Gasteiger charge is -2.04. The topological polar surface area (TPSA) is 52.3 Å². The number of ether oxygens (including phenoxy) is 1. The van der Waals surface area contributed by atoms with Crippen LogP contribution in [0.15, 0.2) is 42.9 Å². The molecule has 2 aromatic heterocycles. The Kier molecular flexibility index (Phi) is 2.60. The van der Waals surface area contributed by atoms with E-state index in [2.05, 4.69) is 15.2 Å². The Morgan fingerprint density at radius 1 is 1.17 bits per heavy atom. The van der Waals surface area contributed by atoms with Crippen LogP contribution < -0.4 is 4.74 Å². The number of hydrogen-bond acceptors (Lipinski definition) is 4. The Balaban J connectivity index is 1.79. The van der Waals surface area contributed by atoms with E-state index in [0.717, 1.165) is 0 Å². The van der Waals surface area contributed by atoms with Crippen LogP contribution in [-0.2, 0) is 6.61 Å². The first-order valence-electron chi connectivity index (χ1n) is 5.35. The Hall–Kier alpha value is -2.50. The van der Waals surface area contributed by atoms with Crippen molar-refractivity contribution in [3.63, 3.8) is 0 Å². The maximum Gasteiger partial charge on any atom is 0.179 e. The fourth-order valence-corrected chi connectivity index (χ4v) is 1.58. The summed E-state index contributed by atoms with van der Waals surface area (Å²) >= 11 is 0. The molecule has 0 saturated carbocycles. The van der Waals surface area contributed by atoms with Crippen LogP contribution in [0.2, 0.25) is 0 Å². The van der Waals surface area contributed by atoms with E-state index in [4.69, 9.17) is 4.74 Å². The van der Waals surface area contributed by atoms with Gasteiger partial charge in [0.1, 0.15) is 18.2 Å². The van der Waals surface area contributed by atoms with E-state index in [0.29, 0.717) is 17.2 Å². The van der Waals surface area contributed by atoms with Gasteiger partial charge in [0.15, 0.2) is 11.5 Å². The number of benzene rings is 1. The molecular weight excluding hydrogens is 235 g/mol. The predicted octanol–water partition coefficient (Wildman–Crippen LogP) is 1.84. The lowest BCUT2D eigenvalue weighted by molar-refractivity contribution is 0.294. The fraction of sp³-hybridized carbons (Fsp3) is 0.0833. The molecule has 18 heavy (non-hydrogen) atoms. The van der Waals surface area contributed by atoms with Gasteiger partial charge in [0, 0.05) is 12.4 Å². The average molecular weight is 244 g/mol. The Morgan fingerprint density at radius 2 is 2.00 bits per heavy atom. The van der Waals surface area contributed by atoms with E-state index >= 15 is 0 Å². The molecule has 2 heterocycles. The van der Waals surface area contributed by atoms with Gasteiger partial charge in [-0.15, -0.1) is 10.2 Å². The number of rotatable bonds is 3. The summed E-state index contributed by atoms with van der Waals surface area (Å²) in [5, 5.41) is 7.96. The first-order chi connectivity index (χ1) is 8.83. The first kappa shape index (κ1) is 10.6. The van der Waals surface area contributed by atoms with Crippen molar-refractivity contribution in [3.8, 4) is 5.75 Å². The zero-order valence-electron chi connectivity index (χ0n) is 9.32. The molecule has 0 amide bonds. The lowest BCUT2D eigenvalue weighted by atomic mass is 10.3. The van der Waals surface area contributed by atoms with Gasteiger partial charge in [0.2, 0.25) is 0 Å². The number of aromatic nitrogens is 4. The van der Waals surface area contributed by atoms with Crippen molar-refractivity contribution in [2.24, 2.45) is 0 Å². The van der Waals surface area contributed by atoms with Crippen LogP contribution in [-0.4, -0.2) is 19.6 Å². The highest BCUT2D eigenvalue weighted by atomic mass is 19.1. The van der Waals surface area contributed by atoms with Crippen molar-refractivity contribution in [2.45, 2.75) is 6.61 Å². The highest BCUT2D eigenvalue weighted by Gasteiger charge is 2.05. The summed E-state index contributed by atoms with van der Waals surface area (Å²) in [5.74, 6) is 0.959. The van der Waals surface area contributed by atoms with Gasteiger partial charge >= 0.3 is 0 Å². The van der Waals surface area contributed by atoms with Crippen LogP contribution in [0.1, 0.15) is 5.82 Å². The van der Waals surface area contributed by atoms with Crippen molar-refractivity contribution in [2.75, 3.05) is 0 Å². The number of nitrogens with zero attached hydrogens (tertiary/aromatic N) is 4. The Morgan fingerprint density at radius 3 is 2.83 bits per heavy atom. The second kappa shape index (κ2) is 4.40. The summed E-state index contributed by atoms with van der Waals surface area (Å²) in [7, 11) is 0. The van der Waals surface area contributed by atoms with E-state index in [1.54, 1.807) is 35.1 Å². The molecule has 0 bridgehead atoms. The molecule has 0 N–H and O–H groups in total. The molecule has 0 aliphatic carbocycles. The maximum absolute atomic E-state index is 12.7. The van der Waals surface area contributed by atoms with Gasteiger partial charge in [-0.3, -0.25) is 9.38 Å². The zero-order valence-corrected chi connectivity index (χ0v) is 9.32. The number of fused-ring (bicyclic) bond motifs is 1. The fourth-order valence-electron chi connectivity index (χ4n) is 1.58. The molecule has 0 saturated heterocycles. The van der Waals surface area contributed by atoms with Crippen molar-refractivity contribution in [1.82, 2.24) is 19.6 Å². The van der Waals surface area contributed by atoms with E-state index in [1.165, 1.54) is 12.1 Å². The summed E-state index contributed by atoms with van der Waals surface area (Å²) in [6.45, 7) is 0.261. The molecule has 3 aromatic rings. The first-order valence-corrected chi connectivity index (χ1v) is 5.35. The van der Waals surface area contributed by atoms with Crippen LogP contribution in [0.3, 0.4) is 0 Å². The van der Waals surface area contributed by atoms with Gasteiger partial charge in [-0.1, -0.05) is 0 Å². The zero-order chi connectivity index (χ0) is 12.4. The van der Waals surface area contributed by atoms with Crippen LogP contribution in [0, 0.1) is 5.82 Å². The van der Waals surface area contributed by atoms with Crippen molar-refractivity contribution >= 4 is 5.65 Å². The third-order valence-corrected chi connectivity index (χ3v) is 2.47. The molecule has 0 aliphatic rings. The predicted molar refractivity (Wildman–Crippen MR) is 61.5 cm³/mol. The maximum atomic E-state index is 12.7. The highest BCUT2D eigenvalue weighted by molar-refractivity contribution is 5.33. The number of hydrogen-bond donors (Lipinski definition) is 0. The molecular formula is C12H9FN4O. The van der Waals surface area contributed by atoms with Crippen LogP contribution >= 0.6 is 0 Å². The molecule has 0 fully saturated rings. The Labute approximate surface area is 102 Å². The summed E-state index contributed by atoms with van der Waals surface area (Å²) in [6, 6.07) is 5.84.